The molecule has 0 aromatic heterocycles. The highest BCUT2D eigenvalue weighted by Crippen LogP contribution is 2.38. The lowest BCUT2D eigenvalue weighted by molar-refractivity contribution is -0.870. The summed E-state index contributed by atoms with van der Waals surface area (Å²) in [5.74, 6) is 0. The monoisotopic (exact) mass is 497 g/mol. The minimum atomic E-state index is -4.49. The van der Waals surface area contributed by atoms with Crippen LogP contribution < -0.4 is 15.9 Å². The molecule has 10 nitrogen and oxygen atoms in total. The Bertz CT molecular complexity index is 533. The van der Waals surface area contributed by atoms with Crippen LogP contribution in [0.1, 0.15) is 64.2 Å². The number of amides is 1. The maximum absolute atomic E-state index is 11.9. The van der Waals surface area contributed by atoms with Gasteiger partial charge in [-0.05, 0) is 19.4 Å². The molecule has 198 valence electrons. The van der Waals surface area contributed by atoms with Gasteiger partial charge in [0.15, 0.2) is 6.10 Å². The first kappa shape index (κ1) is 32.3. The average Bonchev–Trinajstić information content (AvgIpc) is 2.73. The second-order valence-corrected chi connectivity index (χ2v) is 10.7. The summed E-state index contributed by atoms with van der Waals surface area (Å²) in [4.78, 5) is 23.5. The summed E-state index contributed by atoms with van der Waals surface area (Å²) >= 11 is 0. The standard InChI is InChI=1S/C22H48N3O7P/c1-24-22(26)32-21(20-31-33(27,28)30-18-16-25(2,3)4)19-29-17-14-12-10-8-6-5-7-9-11-13-15-23/h21H,5-20,23H2,1-4H3,(H-,24,26,27,28). The van der Waals surface area contributed by atoms with E-state index in [1.54, 1.807) is 0 Å². The van der Waals surface area contributed by atoms with Gasteiger partial charge in [0.05, 0.1) is 34.4 Å². The number of phosphoric ester groups is 1. The smallest absolute Gasteiger partial charge is 0.407 e. The third-order valence-corrected chi connectivity index (χ3v) is 5.92. The quantitative estimate of drug-likeness (QED) is 0.133. The fourth-order valence-electron chi connectivity index (χ4n) is 2.94. The van der Waals surface area contributed by atoms with Crippen LogP contribution in [0.2, 0.25) is 0 Å². The number of likely N-dealkylation sites (N-methyl/N-ethyl adjacent to an activating group) is 1. The van der Waals surface area contributed by atoms with E-state index in [1.807, 2.05) is 21.1 Å². The molecular formula is C22H48N3O7P. The lowest BCUT2D eigenvalue weighted by Gasteiger charge is -2.28. The molecule has 2 unspecified atom stereocenters. The molecule has 0 spiro atoms. The molecule has 0 radical (unpaired) electrons. The normalized spacial score (nSPS) is 14.6. The molecule has 0 heterocycles. The van der Waals surface area contributed by atoms with E-state index in [1.165, 1.54) is 45.6 Å². The Morgan fingerprint density at radius 2 is 1.45 bits per heavy atom. The Labute approximate surface area is 200 Å². The van der Waals surface area contributed by atoms with Crippen molar-refractivity contribution in [2.45, 2.75) is 70.3 Å². The zero-order valence-electron chi connectivity index (χ0n) is 21.2. The van der Waals surface area contributed by atoms with E-state index in [9.17, 15) is 14.3 Å². The highest BCUT2D eigenvalue weighted by atomic mass is 31.2. The van der Waals surface area contributed by atoms with Crippen molar-refractivity contribution in [1.29, 1.82) is 0 Å². The van der Waals surface area contributed by atoms with Crippen molar-refractivity contribution in [3.63, 3.8) is 0 Å². The number of hydrogen-bond donors (Lipinski definition) is 2. The van der Waals surface area contributed by atoms with Gasteiger partial charge in [0.2, 0.25) is 0 Å². The topological polar surface area (TPSA) is 132 Å². The first-order valence-corrected chi connectivity index (χ1v) is 13.6. The van der Waals surface area contributed by atoms with E-state index in [2.05, 4.69) is 5.32 Å². The Morgan fingerprint density at radius 1 is 0.909 bits per heavy atom. The van der Waals surface area contributed by atoms with Crippen LogP contribution in [0.5, 0.6) is 0 Å². The molecule has 33 heavy (non-hydrogen) atoms. The Morgan fingerprint density at radius 3 is 1.97 bits per heavy atom. The number of phosphoric acid groups is 1. The Kier molecular flexibility index (Phi) is 19.1. The van der Waals surface area contributed by atoms with Crippen LogP contribution in [-0.2, 0) is 23.1 Å². The van der Waals surface area contributed by atoms with E-state index in [0.717, 1.165) is 32.2 Å². The number of carbonyl (C=O) groups excluding carboxylic acids is 1. The summed E-state index contributed by atoms with van der Waals surface area (Å²) in [5, 5.41) is 2.33. The predicted molar refractivity (Wildman–Crippen MR) is 128 cm³/mol. The van der Waals surface area contributed by atoms with E-state index in [-0.39, 0.29) is 19.8 Å². The van der Waals surface area contributed by atoms with Crippen molar-refractivity contribution in [3.05, 3.63) is 0 Å². The molecule has 0 aromatic carbocycles. The number of nitrogens with two attached hydrogens (primary N) is 1. The summed E-state index contributed by atoms with van der Waals surface area (Å²) in [5.41, 5.74) is 5.49. The van der Waals surface area contributed by atoms with Crippen LogP contribution >= 0.6 is 7.82 Å². The summed E-state index contributed by atoms with van der Waals surface area (Å²) in [6.45, 7) is 1.52. The first-order chi connectivity index (χ1) is 15.6. The lowest BCUT2D eigenvalue weighted by atomic mass is 10.1. The van der Waals surface area contributed by atoms with Gasteiger partial charge < -0.3 is 38.9 Å². The molecule has 3 N–H and O–H groups in total. The molecule has 0 saturated carbocycles. The van der Waals surface area contributed by atoms with Gasteiger partial charge in [0.1, 0.15) is 13.2 Å². The van der Waals surface area contributed by atoms with E-state index < -0.39 is 20.0 Å². The van der Waals surface area contributed by atoms with Crippen molar-refractivity contribution >= 4 is 13.9 Å². The van der Waals surface area contributed by atoms with Crippen LogP contribution in [-0.4, -0.2) is 84.4 Å². The van der Waals surface area contributed by atoms with Gasteiger partial charge in [-0.15, -0.1) is 0 Å². The Balaban J connectivity index is 4.00. The number of quaternary nitrogens is 1. The van der Waals surface area contributed by atoms with Gasteiger partial charge in [-0.1, -0.05) is 51.4 Å². The summed E-state index contributed by atoms with van der Waals surface area (Å²) in [7, 11) is 2.72. The van der Waals surface area contributed by atoms with Gasteiger partial charge in [-0.3, -0.25) is 4.57 Å². The number of nitrogens with zero attached hydrogens (tertiary/aromatic N) is 1. The molecule has 11 heteroatoms. The highest BCUT2D eigenvalue weighted by Gasteiger charge is 2.19. The highest BCUT2D eigenvalue weighted by molar-refractivity contribution is 7.45. The van der Waals surface area contributed by atoms with Crippen molar-refractivity contribution in [1.82, 2.24) is 5.32 Å². The fraction of sp³-hybridized carbons (Fsp3) is 0.955. The number of nitrogens with one attached hydrogen (secondary N) is 1. The molecule has 0 aliphatic heterocycles. The molecule has 0 bridgehead atoms. The van der Waals surface area contributed by atoms with Crippen LogP contribution in [0.4, 0.5) is 4.79 Å². The SMILES string of the molecule is CNC(=O)OC(COCCCCCCCCCCCCN)COP(=O)([O-])OCC[N+](C)(C)C. The number of rotatable bonds is 22. The molecule has 1 amide bonds. The number of hydrogen-bond acceptors (Lipinski definition) is 8. The van der Waals surface area contributed by atoms with E-state index in [0.29, 0.717) is 17.6 Å². The number of unbranched alkanes of at least 4 members (excludes halogenated alkanes) is 9. The van der Waals surface area contributed by atoms with Crippen molar-refractivity contribution in [2.24, 2.45) is 5.73 Å². The van der Waals surface area contributed by atoms with Crippen LogP contribution in [0, 0.1) is 0 Å². The summed E-state index contributed by atoms with van der Waals surface area (Å²) in [6.07, 6.45) is 10.3. The van der Waals surface area contributed by atoms with Crippen LogP contribution in [0.15, 0.2) is 0 Å². The number of carbonyl (C=O) groups is 1. The summed E-state index contributed by atoms with van der Waals surface area (Å²) in [6, 6.07) is 0. The molecule has 0 saturated heterocycles. The van der Waals surface area contributed by atoms with Crippen molar-refractivity contribution in [2.75, 3.05) is 67.7 Å². The molecule has 0 fully saturated rings. The average molecular weight is 498 g/mol. The van der Waals surface area contributed by atoms with Gasteiger partial charge in [0, 0.05) is 13.7 Å². The second-order valence-electron chi connectivity index (χ2n) is 9.27. The zero-order valence-corrected chi connectivity index (χ0v) is 22.1. The molecular weight excluding hydrogens is 449 g/mol. The first-order valence-electron chi connectivity index (χ1n) is 12.2. The predicted octanol–water partition coefficient (Wildman–Crippen LogP) is 2.80. The second kappa shape index (κ2) is 19.6. The van der Waals surface area contributed by atoms with Gasteiger partial charge in [-0.2, -0.15) is 0 Å². The van der Waals surface area contributed by atoms with Gasteiger partial charge in [0.25, 0.3) is 7.82 Å². The van der Waals surface area contributed by atoms with Crippen molar-refractivity contribution < 1.29 is 37.3 Å². The van der Waals surface area contributed by atoms with E-state index >= 15 is 0 Å². The third kappa shape index (κ3) is 22.8. The fourth-order valence-corrected chi connectivity index (χ4v) is 3.67. The molecule has 0 aliphatic carbocycles. The van der Waals surface area contributed by atoms with Crippen LogP contribution in [0.3, 0.4) is 0 Å². The number of alkyl carbamates (subject to hydrolysis) is 1. The molecule has 0 rings (SSSR count). The number of ether oxygens (including phenoxy) is 2. The zero-order chi connectivity index (χ0) is 25.0. The molecule has 2 atom stereocenters. The molecule has 0 aliphatic rings. The van der Waals surface area contributed by atoms with Crippen LogP contribution in [0.25, 0.3) is 0 Å². The maximum Gasteiger partial charge on any atom is 0.407 e. The lowest BCUT2D eigenvalue weighted by Crippen LogP contribution is -2.37. The maximum atomic E-state index is 11.9. The molecule has 0 aromatic rings. The van der Waals surface area contributed by atoms with Crippen molar-refractivity contribution in [3.8, 4) is 0 Å². The minimum absolute atomic E-state index is 0.00995. The summed E-state index contributed by atoms with van der Waals surface area (Å²) < 4.78 is 33.0. The van der Waals surface area contributed by atoms with Gasteiger partial charge in [-0.25, -0.2) is 4.79 Å². The largest absolute Gasteiger partial charge is 0.756 e. The van der Waals surface area contributed by atoms with Gasteiger partial charge >= 0.3 is 6.09 Å². The van der Waals surface area contributed by atoms with E-state index in [4.69, 9.17) is 24.3 Å². The third-order valence-electron chi connectivity index (χ3n) is 4.95. The Hall–Kier alpha value is -0.740. The minimum Gasteiger partial charge on any atom is -0.756 e.